The zero-order valence-electron chi connectivity index (χ0n) is 8.58. The molecule has 15 heavy (non-hydrogen) atoms. The molecule has 4 nitrogen and oxygen atoms in total. The molecule has 0 amide bonds. The summed E-state index contributed by atoms with van der Waals surface area (Å²) in [5, 5.41) is 18.0. The van der Waals surface area contributed by atoms with Gasteiger partial charge in [0.2, 0.25) is 0 Å². The monoisotopic (exact) mass is 201 g/mol. The van der Waals surface area contributed by atoms with Crippen LogP contribution in [0.1, 0.15) is 13.3 Å². The van der Waals surface area contributed by atoms with Gasteiger partial charge in [-0.15, -0.1) is 0 Å². The van der Waals surface area contributed by atoms with Crippen molar-refractivity contribution in [3.05, 3.63) is 22.5 Å². The van der Waals surface area contributed by atoms with Crippen LogP contribution in [-0.2, 0) is 4.74 Å². The van der Waals surface area contributed by atoms with E-state index in [-0.39, 0.29) is 0 Å². The topological polar surface area (TPSA) is 60.1 Å². The number of hydrogen-bond donors (Lipinski definition) is 0. The Hall–Kier alpha value is -1.78. The molecule has 0 aromatic rings. The average molecular weight is 201 g/mol. The third kappa shape index (κ3) is 1.49. The Labute approximate surface area is 88.7 Å². The third-order valence-electron chi connectivity index (χ3n) is 2.84. The second-order valence-electron chi connectivity index (χ2n) is 3.59. The Morgan fingerprint density at radius 3 is 2.67 bits per heavy atom. The molecule has 76 valence electrons. The Morgan fingerprint density at radius 1 is 1.27 bits per heavy atom. The largest absolute Gasteiger partial charge is 0.373 e. The van der Waals surface area contributed by atoms with Gasteiger partial charge in [0, 0.05) is 18.7 Å². The molecule has 0 aromatic heterocycles. The fourth-order valence-electron chi connectivity index (χ4n) is 1.95. The molecule has 0 aromatic carbocycles. The molecule has 0 atom stereocenters. The van der Waals surface area contributed by atoms with Crippen LogP contribution < -0.4 is 0 Å². The quantitative estimate of drug-likeness (QED) is 0.592. The predicted octanol–water partition coefficient (Wildman–Crippen LogP) is 1.30. The Bertz CT molecular complexity index is 434. The van der Waals surface area contributed by atoms with Crippen molar-refractivity contribution in [1.82, 2.24) is 4.90 Å². The van der Waals surface area contributed by atoms with Gasteiger partial charge in [-0.1, -0.05) is 0 Å². The molecular weight excluding hydrogens is 190 g/mol. The molecule has 0 spiro atoms. The predicted molar refractivity (Wildman–Crippen MR) is 53.1 cm³/mol. The van der Waals surface area contributed by atoms with Crippen molar-refractivity contribution in [1.29, 1.82) is 10.5 Å². The summed E-state index contributed by atoms with van der Waals surface area (Å²) in [6, 6.07) is 4.32. The van der Waals surface area contributed by atoms with Crippen LogP contribution >= 0.6 is 0 Å². The van der Waals surface area contributed by atoms with Crippen LogP contribution in [0, 0.1) is 22.7 Å². The Balaban J connectivity index is 2.43. The van der Waals surface area contributed by atoms with Crippen molar-refractivity contribution >= 4 is 0 Å². The van der Waals surface area contributed by atoms with E-state index < -0.39 is 0 Å². The molecule has 2 aliphatic heterocycles. The first kappa shape index (κ1) is 9.76. The first-order valence-corrected chi connectivity index (χ1v) is 4.85. The highest BCUT2D eigenvalue weighted by molar-refractivity contribution is 5.44. The smallest absolute Gasteiger partial charge is 0.0970 e. The SMILES string of the molecule is CC1=C(C#N)CC(C#N)=C2COCCN12. The number of nitrogens with zero attached hydrogens (tertiary/aromatic N) is 3. The second kappa shape index (κ2) is 3.76. The lowest BCUT2D eigenvalue weighted by atomic mass is 9.97. The molecule has 1 saturated heterocycles. The molecular formula is C11H11N3O. The van der Waals surface area contributed by atoms with E-state index in [0.29, 0.717) is 30.8 Å². The lowest BCUT2D eigenvalue weighted by Gasteiger charge is -2.36. The summed E-state index contributed by atoms with van der Waals surface area (Å²) in [6.07, 6.45) is 0.452. The molecule has 0 N–H and O–H groups in total. The molecule has 2 aliphatic rings. The van der Waals surface area contributed by atoms with Crippen molar-refractivity contribution in [3.8, 4) is 12.1 Å². The van der Waals surface area contributed by atoms with E-state index in [1.54, 1.807) is 0 Å². The number of nitriles is 2. The normalized spacial score (nSPS) is 20.9. The van der Waals surface area contributed by atoms with E-state index in [1.807, 2.05) is 11.8 Å². The molecule has 4 heteroatoms. The van der Waals surface area contributed by atoms with Crippen LogP contribution in [0.3, 0.4) is 0 Å². The maximum Gasteiger partial charge on any atom is 0.0970 e. The lowest BCUT2D eigenvalue weighted by Crippen LogP contribution is -2.36. The van der Waals surface area contributed by atoms with E-state index in [4.69, 9.17) is 15.3 Å². The van der Waals surface area contributed by atoms with E-state index in [1.165, 1.54) is 0 Å². The molecule has 0 radical (unpaired) electrons. The molecule has 0 saturated carbocycles. The van der Waals surface area contributed by atoms with Crippen molar-refractivity contribution in [2.75, 3.05) is 19.8 Å². The van der Waals surface area contributed by atoms with Gasteiger partial charge in [0.05, 0.1) is 42.2 Å². The zero-order chi connectivity index (χ0) is 10.8. The van der Waals surface area contributed by atoms with Gasteiger partial charge in [-0.25, -0.2) is 0 Å². The average Bonchev–Trinajstić information content (AvgIpc) is 2.30. The van der Waals surface area contributed by atoms with Gasteiger partial charge < -0.3 is 9.64 Å². The van der Waals surface area contributed by atoms with Crippen molar-refractivity contribution in [2.45, 2.75) is 13.3 Å². The van der Waals surface area contributed by atoms with Gasteiger partial charge in [-0.2, -0.15) is 10.5 Å². The Morgan fingerprint density at radius 2 is 2.00 bits per heavy atom. The molecule has 0 unspecified atom stereocenters. The van der Waals surface area contributed by atoms with Crippen LogP contribution in [0.5, 0.6) is 0 Å². The summed E-state index contributed by atoms with van der Waals surface area (Å²) in [5.41, 5.74) is 3.25. The van der Waals surface area contributed by atoms with Gasteiger partial charge in [0.1, 0.15) is 0 Å². The number of allylic oxidation sites excluding steroid dienone is 3. The summed E-state index contributed by atoms with van der Waals surface area (Å²) in [7, 11) is 0. The van der Waals surface area contributed by atoms with E-state index in [9.17, 15) is 0 Å². The molecule has 2 rings (SSSR count). The van der Waals surface area contributed by atoms with E-state index >= 15 is 0 Å². The first-order chi connectivity index (χ1) is 7.27. The number of fused-ring (bicyclic) bond motifs is 1. The summed E-state index contributed by atoms with van der Waals surface area (Å²) < 4.78 is 5.33. The second-order valence-corrected chi connectivity index (χ2v) is 3.59. The number of hydrogen-bond acceptors (Lipinski definition) is 4. The summed E-state index contributed by atoms with van der Waals surface area (Å²) in [5.74, 6) is 0. The molecule has 1 fully saturated rings. The van der Waals surface area contributed by atoms with Gasteiger partial charge in [0.25, 0.3) is 0 Å². The van der Waals surface area contributed by atoms with E-state index in [2.05, 4.69) is 12.1 Å². The first-order valence-electron chi connectivity index (χ1n) is 4.85. The summed E-state index contributed by atoms with van der Waals surface area (Å²) in [4.78, 5) is 2.03. The van der Waals surface area contributed by atoms with Crippen LogP contribution in [-0.4, -0.2) is 24.7 Å². The number of ether oxygens (including phenoxy) is 1. The molecule has 0 aliphatic carbocycles. The van der Waals surface area contributed by atoms with Crippen LogP contribution in [0.15, 0.2) is 22.5 Å². The summed E-state index contributed by atoms with van der Waals surface area (Å²) >= 11 is 0. The van der Waals surface area contributed by atoms with Crippen LogP contribution in [0.4, 0.5) is 0 Å². The zero-order valence-corrected chi connectivity index (χ0v) is 8.58. The van der Waals surface area contributed by atoms with Crippen molar-refractivity contribution in [2.24, 2.45) is 0 Å². The van der Waals surface area contributed by atoms with Gasteiger partial charge in [-0.05, 0) is 6.92 Å². The minimum Gasteiger partial charge on any atom is -0.373 e. The lowest BCUT2D eigenvalue weighted by molar-refractivity contribution is 0.0841. The van der Waals surface area contributed by atoms with Crippen LogP contribution in [0.25, 0.3) is 0 Å². The highest BCUT2D eigenvalue weighted by Crippen LogP contribution is 2.31. The maximum atomic E-state index is 9.01. The number of rotatable bonds is 0. The third-order valence-corrected chi connectivity index (χ3v) is 2.84. The van der Waals surface area contributed by atoms with Gasteiger partial charge in [0.15, 0.2) is 0 Å². The highest BCUT2D eigenvalue weighted by Gasteiger charge is 2.27. The van der Waals surface area contributed by atoms with Gasteiger partial charge >= 0.3 is 0 Å². The van der Waals surface area contributed by atoms with Crippen molar-refractivity contribution in [3.63, 3.8) is 0 Å². The fraction of sp³-hybridized carbons (Fsp3) is 0.455. The maximum absolute atomic E-state index is 9.01. The summed E-state index contributed by atoms with van der Waals surface area (Å²) in [6.45, 7) is 3.80. The van der Waals surface area contributed by atoms with Crippen molar-refractivity contribution < 1.29 is 4.74 Å². The minimum absolute atomic E-state index is 0.452. The fourth-order valence-corrected chi connectivity index (χ4v) is 1.95. The molecule has 2 heterocycles. The highest BCUT2D eigenvalue weighted by atomic mass is 16.5. The van der Waals surface area contributed by atoms with Crippen LogP contribution in [0.2, 0.25) is 0 Å². The standard InChI is InChI=1S/C11H11N3O/c1-8-9(5-12)4-10(6-13)11-7-15-3-2-14(8)11/h2-4,7H2,1H3. The molecule has 0 bridgehead atoms. The van der Waals surface area contributed by atoms with E-state index in [0.717, 1.165) is 17.9 Å². The minimum atomic E-state index is 0.452. The van der Waals surface area contributed by atoms with Gasteiger partial charge in [-0.3, -0.25) is 0 Å². The Kier molecular flexibility index (Phi) is 2.45. The number of morpholine rings is 1.